The Morgan fingerprint density at radius 2 is 0.591 bits per heavy atom. The fourth-order valence-corrected chi connectivity index (χ4v) is 7.82. The van der Waals surface area contributed by atoms with E-state index in [-0.39, 0.29) is 31.1 Å². The monoisotopic (exact) mass is 921 g/mol. The van der Waals surface area contributed by atoms with Gasteiger partial charge in [-0.15, -0.1) is 0 Å². The molecule has 1 atom stereocenters. The minimum atomic E-state index is -0.778. The third-order valence-corrected chi connectivity index (χ3v) is 12.0. The molecule has 0 saturated heterocycles. The van der Waals surface area contributed by atoms with Crippen molar-refractivity contribution in [1.29, 1.82) is 0 Å². The van der Waals surface area contributed by atoms with Crippen LogP contribution in [0, 0.1) is 0 Å². The van der Waals surface area contributed by atoms with Gasteiger partial charge in [0.1, 0.15) is 13.2 Å². The van der Waals surface area contributed by atoms with E-state index in [2.05, 4.69) is 93.7 Å². The second-order valence-electron chi connectivity index (χ2n) is 18.4. The highest BCUT2D eigenvalue weighted by Crippen LogP contribution is 2.16. The molecule has 6 heteroatoms. The summed E-state index contributed by atoms with van der Waals surface area (Å²) >= 11 is 0. The molecule has 66 heavy (non-hydrogen) atoms. The molecule has 0 aromatic carbocycles. The number of carbonyl (C=O) groups is 3. The van der Waals surface area contributed by atoms with Crippen LogP contribution in [0.4, 0.5) is 0 Å². The van der Waals surface area contributed by atoms with Crippen molar-refractivity contribution in [3.63, 3.8) is 0 Å². The van der Waals surface area contributed by atoms with Gasteiger partial charge in [0.05, 0.1) is 0 Å². The molecule has 0 bridgehead atoms. The van der Waals surface area contributed by atoms with E-state index in [0.717, 1.165) is 96.3 Å². The molecular formula is C60H104O6. The summed E-state index contributed by atoms with van der Waals surface area (Å²) in [6, 6.07) is 0. The van der Waals surface area contributed by atoms with E-state index < -0.39 is 6.10 Å². The summed E-state index contributed by atoms with van der Waals surface area (Å²) in [5, 5.41) is 0. The van der Waals surface area contributed by atoms with E-state index in [1.165, 1.54) is 135 Å². The molecule has 1 unspecified atom stereocenters. The van der Waals surface area contributed by atoms with Crippen molar-refractivity contribution in [2.75, 3.05) is 13.2 Å². The molecule has 0 amide bonds. The van der Waals surface area contributed by atoms with Crippen LogP contribution in [0.5, 0.6) is 0 Å². The number of carbonyl (C=O) groups excluding carboxylic acids is 3. The topological polar surface area (TPSA) is 78.9 Å². The Kier molecular flexibility index (Phi) is 51.9. The maximum Gasteiger partial charge on any atom is 0.306 e. The number of ether oxygens (including phenoxy) is 3. The zero-order chi connectivity index (χ0) is 47.9. The minimum Gasteiger partial charge on any atom is -0.462 e. The van der Waals surface area contributed by atoms with Crippen molar-refractivity contribution < 1.29 is 28.6 Å². The number of unbranched alkanes of at least 4 members (excludes halogenated alkanes) is 27. The van der Waals surface area contributed by atoms with Crippen molar-refractivity contribution in [1.82, 2.24) is 0 Å². The number of allylic oxidation sites excluding steroid dienone is 12. The molecule has 0 aliphatic carbocycles. The Morgan fingerprint density at radius 1 is 0.318 bits per heavy atom. The van der Waals surface area contributed by atoms with Crippen LogP contribution < -0.4 is 0 Å². The van der Waals surface area contributed by atoms with E-state index >= 15 is 0 Å². The second-order valence-corrected chi connectivity index (χ2v) is 18.4. The van der Waals surface area contributed by atoms with Crippen molar-refractivity contribution in [3.05, 3.63) is 72.9 Å². The lowest BCUT2D eigenvalue weighted by atomic mass is 10.1. The first kappa shape index (κ1) is 62.8. The summed E-state index contributed by atoms with van der Waals surface area (Å²) < 4.78 is 16.8. The van der Waals surface area contributed by atoms with Crippen molar-refractivity contribution in [2.24, 2.45) is 0 Å². The van der Waals surface area contributed by atoms with Gasteiger partial charge in [-0.05, 0) is 83.5 Å². The molecule has 0 saturated carbocycles. The molecule has 0 aromatic rings. The first-order valence-corrected chi connectivity index (χ1v) is 27.9. The van der Waals surface area contributed by atoms with E-state index in [9.17, 15) is 14.4 Å². The zero-order valence-corrected chi connectivity index (χ0v) is 43.4. The zero-order valence-electron chi connectivity index (χ0n) is 43.4. The van der Waals surface area contributed by atoms with Crippen LogP contribution in [0.3, 0.4) is 0 Å². The average molecular weight is 921 g/mol. The Labute approximate surface area is 408 Å². The summed E-state index contributed by atoms with van der Waals surface area (Å²) in [4.78, 5) is 38.1. The lowest BCUT2D eigenvalue weighted by Crippen LogP contribution is -2.30. The molecular weight excluding hydrogens is 817 g/mol. The smallest absolute Gasteiger partial charge is 0.306 e. The molecule has 6 nitrogen and oxygen atoms in total. The Hall–Kier alpha value is -3.15. The quantitative estimate of drug-likeness (QED) is 0.0262. The van der Waals surface area contributed by atoms with Gasteiger partial charge in [0.25, 0.3) is 0 Å². The van der Waals surface area contributed by atoms with Gasteiger partial charge in [0.15, 0.2) is 6.10 Å². The molecule has 0 aromatic heterocycles. The lowest BCUT2D eigenvalue weighted by Gasteiger charge is -2.18. The average Bonchev–Trinajstić information content (AvgIpc) is 3.31. The highest BCUT2D eigenvalue weighted by atomic mass is 16.6. The molecule has 0 radical (unpaired) electrons. The van der Waals surface area contributed by atoms with Crippen LogP contribution in [-0.4, -0.2) is 37.2 Å². The normalized spacial score (nSPS) is 12.6. The third-order valence-electron chi connectivity index (χ3n) is 12.0. The predicted molar refractivity (Wildman–Crippen MR) is 284 cm³/mol. The molecule has 0 N–H and O–H groups in total. The maximum absolute atomic E-state index is 12.8. The number of hydrogen-bond donors (Lipinski definition) is 0. The van der Waals surface area contributed by atoms with Gasteiger partial charge in [-0.3, -0.25) is 14.4 Å². The maximum atomic E-state index is 12.8. The van der Waals surface area contributed by atoms with Crippen LogP contribution >= 0.6 is 0 Å². The van der Waals surface area contributed by atoms with Crippen molar-refractivity contribution in [2.45, 2.75) is 277 Å². The Balaban J connectivity index is 4.32. The van der Waals surface area contributed by atoms with Crippen LogP contribution in [-0.2, 0) is 28.6 Å². The third kappa shape index (κ3) is 51.8. The van der Waals surface area contributed by atoms with Gasteiger partial charge in [-0.1, -0.05) is 241 Å². The van der Waals surface area contributed by atoms with Gasteiger partial charge in [0.2, 0.25) is 0 Å². The molecule has 0 spiro atoms. The molecule has 0 aliphatic heterocycles. The van der Waals surface area contributed by atoms with E-state index in [4.69, 9.17) is 14.2 Å². The van der Waals surface area contributed by atoms with Crippen LogP contribution in [0.25, 0.3) is 0 Å². The summed E-state index contributed by atoms with van der Waals surface area (Å²) in [5.74, 6) is -0.883. The van der Waals surface area contributed by atoms with Crippen LogP contribution in [0.15, 0.2) is 72.9 Å². The first-order chi connectivity index (χ1) is 32.5. The van der Waals surface area contributed by atoms with Gasteiger partial charge >= 0.3 is 17.9 Å². The van der Waals surface area contributed by atoms with E-state index in [0.29, 0.717) is 19.3 Å². The first-order valence-electron chi connectivity index (χ1n) is 27.9. The number of rotatable bonds is 50. The lowest BCUT2D eigenvalue weighted by molar-refractivity contribution is -0.167. The molecule has 0 aliphatic rings. The van der Waals surface area contributed by atoms with E-state index in [1.54, 1.807) is 0 Å². The van der Waals surface area contributed by atoms with Crippen LogP contribution in [0.1, 0.15) is 271 Å². The summed E-state index contributed by atoms with van der Waals surface area (Å²) in [7, 11) is 0. The van der Waals surface area contributed by atoms with Crippen molar-refractivity contribution in [3.8, 4) is 0 Å². The molecule has 380 valence electrons. The summed E-state index contributed by atoms with van der Waals surface area (Å²) in [5.41, 5.74) is 0. The highest BCUT2D eigenvalue weighted by Gasteiger charge is 2.19. The highest BCUT2D eigenvalue weighted by molar-refractivity contribution is 5.71. The van der Waals surface area contributed by atoms with E-state index in [1.807, 2.05) is 0 Å². The standard InChI is InChI=1S/C60H104O6/c1-4-7-10-13-16-19-22-24-26-28-30-32-34-36-38-41-44-47-50-53-59(62)65-56-57(55-64-58(61)52-49-46-43-40-21-18-15-12-9-6-3)66-60(63)54-51-48-45-42-39-37-35-33-31-29-27-25-23-20-17-14-11-8-5-2/h7-8,10-11,16-17,19-20,24-27,57H,4-6,9,12-15,18,21-23,28-56H2,1-3H3/b10-7-,11-8-,19-16-,20-17-,26-24-,27-25-. The fourth-order valence-electron chi connectivity index (χ4n) is 7.82. The Bertz CT molecular complexity index is 1240. The summed E-state index contributed by atoms with van der Waals surface area (Å²) in [6.07, 6.45) is 68.9. The minimum absolute atomic E-state index is 0.0772. The van der Waals surface area contributed by atoms with Crippen LogP contribution in [0.2, 0.25) is 0 Å². The van der Waals surface area contributed by atoms with Gasteiger partial charge < -0.3 is 14.2 Å². The predicted octanol–water partition coefficient (Wildman–Crippen LogP) is 18.6. The number of esters is 3. The fraction of sp³-hybridized carbons (Fsp3) is 0.750. The van der Waals surface area contributed by atoms with Gasteiger partial charge in [-0.25, -0.2) is 0 Å². The Morgan fingerprint density at radius 3 is 0.924 bits per heavy atom. The largest absolute Gasteiger partial charge is 0.462 e. The SMILES string of the molecule is CC/C=C\C/C=C\C/C=C\CCCCCCCCCCCC(=O)OCC(COC(=O)CCCCCCCCCCCC)OC(=O)CCCCCCCCCCC/C=C\C/C=C\C/C=C\CC. The molecule has 0 fully saturated rings. The van der Waals surface area contributed by atoms with Gasteiger partial charge in [-0.2, -0.15) is 0 Å². The number of hydrogen-bond acceptors (Lipinski definition) is 6. The van der Waals surface area contributed by atoms with Gasteiger partial charge in [0, 0.05) is 19.3 Å². The molecule has 0 heterocycles. The second kappa shape index (κ2) is 54.5. The van der Waals surface area contributed by atoms with Crippen molar-refractivity contribution >= 4 is 17.9 Å². The summed E-state index contributed by atoms with van der Waals surface area (Å²) in [6.45, 7) is 6.42. The molecule has 0 rings (SSSR count).